The standard InChI is InChI=1S/C24H31N3O4S/c1-2-12-26-18-21(24(29)25-13-6-5-7-14-25)23(28)20-17-19(10-11-22(20)26)32(30,31)27-15-8-3-4-9-16-27/h2,10-11,17-18H,1,3-9,12-16H2. The molecule has 32 heavy (non-hydrogen) atoms. The SMILES string of the molecule is C=CCn1cc(C(=O)N2CCCCC2)c(=O)c2cc(S(=O)(=O)N3CCCCCC3)ccc21. The van der Waals surface area contributed by atoms with Gasteiger partial charge in [0.2, 0.25) is 15.5 Å². The first-order valence-electron chi connectivity index (χ1n) is 11.5. The molecular formula is C24H31N3O4S. The molecule has 2 saturated heterocycles. The number of piperidine rings is 1. The Bertz CT molecular complexity index is 1170. The fraction of sp³-hybridized carbons (Fsp3) is 0.500. The fourth-order valence-electron chi connectivity index (χ4n) is 4.68. The summed E-state index contributed by atoms with van der Waals surface area (Å²) in [6, 6.07) is 4.68. The van der Waals surface area contributed by atoms with Crippen LogP contribution in [0, 0.1) is 0 Å². The molecule has 1 amide bonds. The number of nitrogens with zero attached hydrogens (tertiary/aromatic N) is 3. The van der Waals surface area contributed by atoms with E-state index in [1.54, 1.807) is 33.9 Å². The van der Waals surface area contributed by atoms with Gasteiger partial charge in [-0.2, -0.15) is 4.31 Å². The van der Waals surface area contributed by atoms with Crippen LogP contribution in [0.2, 0.25) is 0 Å². The Hall–Kier alpha value is -2.45. The number of likely N-dealkylation sites (tertiary alicyclic amines) is 1. The number of hydrogen-bond donors (Lipinski definition) is 0. The number of carbonyl (C=O) groups is 1. The second-order valence-electron chi connectivity index (χ2n) is 8.66. The monoisotopic (exact) mass is 457 g/mol. The predicted octanol–water partition coefficient (Wildman–Crippen LogP) is 3.38. The first-order valence-corrected chi connectivity index (χ1v) is 12.9. The molecular weight excluding hydrogens is 426 g/mol. The molecule has 1 aromatic heterocycles. The topological polar surface area (TPSA) is 79.7 Å². The third kappa shape index (κ3) is 4.38. The Morgan fingerprint density at radius 1 is 0.969 bits per heavy atom. The van der Waals surface area contributed by atoms with Crippen molar-refractivity contribution in [1.29, 1.82) is 0 Å². The van der Waals surface area contributed by atoms with E-state index in [4.69, 9.17) is 0 Å². The Labute approximate surface area is 189 Å². The average Bonchev–Trinajstić information content (AvgIpc) is 3.11. The Kier molecular flexibility index (Phi) is 6.81. The van der Waals surface area contributed by atoms with Crippen molar-refractivity contribution >= 4 is 26.8 Å². The van der Waals surface area contributed by atoms with Crippen LogP contribution in [0.3, 0.4) is 0 Å². The molecule has 0 saturated carbocycles. The number of rotatable bonds is 5. The van der Waals surface area contributed by atoms with Crippen molar-refractivity contribution in [3.63, 3.8) is 0 Å². The number of pyridine rings is 1. The van der Waals surface area contributed by atoms with Crippen LogP contribution in [-0.2, 0) is 16.6 Å². The van der Waals surface area contributed by atoms with Crippen molar-refractivity contribution < 1.29 is 13.2 Å². The Morgan fingerprint density at radius 2 is 1.59 bits per heavy atom. The zero-order valence-corrected chi connectivity index (χ0v) is 19.3. The second-order valence-corrected chi connectivity index (χ2v) is 10.6. The highest BCUT2D eigenvalue weighted by atomic mass is 32.2. The lowest BCUT2D eigenvalue weighted by molar-refractivity contribution is 0.0722. The molecule has 172 valence electrons. The van der Waals surface area contributed by atoms with Gasteiger partial charge in [0.25, 0.3) is 5.91 Å². The highest BCUT2D eigenvalue weighted by Crippen LogP contribution is 2.24. The summed E-state index contributed by atoms with van der Waals surface area (Å²) in [4.78, 5) is 28.4. The minimum absolute atomic E-state index is 0.0885. The van der Waals surface area contributed by atoms with Crippen LogP contribution in [0.5, 0.6) is 0 Å². The maximum absolute atomic E-state index is 13.4. The van der Waals surface area contributed by atoms with Gasteiger partial charge >= 0.3 is 0 Å². The van der Waals surface area contributed by atoms with Gasteiger partial charge in [0.1, 0.15) is 5.56 Å². The highest BCUT2D eigenvalue weighted by molar-refractivity contribution is 7.89. The van der Waals surface area contributed by atoms with Crippen molar-refractivity contribution in [3.8, 4) is 0 Å². The molecule has 1 aromatic carbocycles. The molecule has 0 aliphatic carbocycles. The number of amides is 1. The summed E-state index contributed by atoms with van der Waals surface area (Å²) in [5.41, 5.74) is 0.272. The van der Waals surface area contributed by atoms with E-state index in [0.717, 1.165) is 44.9 Å². The molecule has 0 atom stereocenters. The van der Waals surface area contributed by atoms with Crippen molar-refractivity contribution in [3.05, 3.63) is 52.8 Å². The van der Waals surface area contributed by atoms with Gasteiger partial charge in [-0.25, -0.2) is 8.42 Å². The Balaban J connectivity index is 1.82. The molecule has 3 heterocycles. The quantitative estimate of drug-likeness (QED) is 0.645. The van der Waals surface area contributed by atoms with E-state index in [2.05, 4.69) is 6.58 Å². The van der Waals surface area contributed by atoms with Crippen molar-refractivity contribution in [2.45, 2.75) is 56.4 Å². The minimum atomic E-state index is -3.70. The summed E-state index contributed by atoms with van der Waals surface area (Å²) in [5, 5.41) is 0.255. The number of hydrogen-bond acceptors (Lipinski definition) is 4. The maximum atomic E-state index is 13.4. The molecule has 8 heteroatoms. The summed E-state index contributed by atoms with van der Waals surface area (Å²) in [5.74, 6) is -0.282. The third-order valence-corrected chi connectivity index (χ3v) is 8.35. The molecule has 2 aliphatic heterocycles. The summed E-state index contributed by atoms with van der Waals surface area (Å²) in [6.07, 6.45) is 9.96. The van der Waals surface area contributed by atoms with Crippen molar-refractivity contribution in [2.24, 2.45) is 0 Å². The van der Waals surface area contributed by atoms with Crippen LogP contribution in [0.1, 0.15) is 55.3 Å². The highest BCUT2D eigenvalue weighted by Gasteiger charge is 2.27. The van der Waals surface area contributed by atoms with E-state index < -0.39 is 15.5 Å². The van der Waals surface area contributed by atoms with Crippen LogP contribution in [-0.4, -0.2) is 54.3 Å². The second kappa shape index (κ2) is 9.58. The maximum Gasteiger partial charge on any atom is 0.259 e. The van der Waals surface area contributed by atoms with Gasteiger partial charge in [-0.1, -0.05) is 18.9 Å². The van der Waals surface area contributed by atoms with E-state index in [0.29, 0.717) is 38.2 Å². The van der Waals surface area contributed by atoms with Gasteiger partial charge in [0.05, 0.1) is 10.4 Å². The van der Waals surface area contributed by atoms with E-state index >= 15 is 0 Å². The number of sulfonamides is 1. The van der Waals surface area contributed by atoms with E-state index in [1.807, 2.05) is 0 Å². The molecule has 2 aliphatic rings. The molecule has 7 nitrogen and oxygen atoms in total. The van der Waals surface area contributed by atoms with E-state index in [9.17, 15) is 18.0 Å². The lowest BCUT2D eigenvalue weighted by Crippen LogP contribution is -2.38. The summed E-state index contributed by atoms with van der Waals surface area (Å²) in [7, 11) is -3.70. The zero-order chi connectivity index (χ0) is 22.7. The normalized spacial score (nSPS) is 18.4. The molecule has 0 spiro atoms. The van der Waals surface area contributed by atoms with E-state index in [-0.39, 0.29) is 21.8 Å². The number of allylic oxidation sites excluding steroid dienone is 1. The number of fused-ring (bicyclic) bond motifs is 1. The molecule has 0 radical (unpaired) electrons. The van der Waals surface area contributed by atoms with Gasteiger partial charge < -0.3 is 9.47 Å². The van der Waals surface area contributed by atoms with Crippen LogP contribution >= 0.6 is 0 Å². The smallest absolute Gasteiger partial charge is 0.259 e. The third-order valence-electron chi connectivity index (χ3n) is 6.45. The van der Waals surface area contributed by atoms with Gasteiger partial charge in [-0.15, -0.1) is 6.58 Å². The zero-order valence-electron chi connectivity index (χ0n) is 18.5. The number of carbonyl (C=O) groups excluding carboxylic acids is 1. The van der Waals surface area contributed by atoms with Crippen molar-refractivity contribution in [1.82, 2.24) is 13.8 Å². The van der Waals surface area contributed by atoms with Gasteiger partial charge in [-0.05, 0) is 50.3 Å². The first kappa shape index (κ1) is 22.7. The molecule has 0 unspecified atom stereocenters. The summed E-state index contributed by atoms with van der Waals surface area (Å²) >= 11 is 0. The van der Waals surface area contributed by atoms with Crippen LogP contribution in [0.4, 0.5) is 0 Å². The minimum Gasteiger partial charge on any atom is -0.343 e. The number of aromatic nitrogens is 1. The molecule has 2 aromatic rings. The fourth-order valence-corrected chi connectivity index (χ4v) is 6.22. The van der Waals surface area contributed by atoms with Gasteiger partial charge in [0, 0.05) is 44.3 Å². The van der Waals surface area contributed by atoms with Crippen molar-refractivity contribution in [2.75, 3.05) is 26.2 Å². The van der Waals surface area contributed by atoms with Gasteiger partial charge in [-0.3, -0.25) is 9.59 Å². The lowest BCUT2D eigenvalue weighted by atomic mass is 10.1. The van der Waals surface area contributed by atoms with Crippen LogP contribution in [0.25, 0.3) is 10.9 Å². The van der Waals surface area contributed by atoms with E-state index in [1.165, 1.54) is 10.4 Å². The first-order chi connectivity index (χ1) is 15.4. The van der Waals surface area contributed by atoms with Crippen LogP contribution in [0.15, 0.2) is 46.7 Å². The van der Waals surface area contributed by atoms with Gasteiger partial charge in [0.15, 0.2) is 0 Å². The molecule has 2 fully saturated rings. The predicted molar refractivity (Wildman–Crippen MR) is 125 cm³/mol. The Morgan fingerprint density at radius 3 is 2.25 bits per heavy atom. The average molecular weight is 458 g/mol. The van der Waals surface area contributed by atoms with Crippen LogP contribution < -0.4 is 5.43 Å². The lowest BCUT2D eigenvalue weighted by Gasteiger charge is -2.27. The number of benzene rings is 1. The molecule has 4 rings (SSSR count). The largest absolute Gasteiger partial charge is 0.343 e. The molecule has 0 bridgehead atoms. The molecule has 0 N–H and O–H groups in total. The summed E-state index contributed by atoms with van der Waals surface area (Å²) < 4.78 is 29.9. The summed E-state index contributed by atoms with van der Waals surface area (Å²) in [6.45, 7) is 6.46.